The van der Waals surface area contributed by atoms with Crippen molar-refractivity contribution in [3.05, 3.63) is 30.0 Å². The molecular formula is C15H19NO3. The highest BCUT2D eigenvalue weighted by molar-refractivity contribution is 5.90. The molecule has 4 nitrogen and oxygen atoms in total. The summed E-state index contributed by atoms with van der Waals surface area (Å²) < 4.78 is 1.98. The van der Waals surface area contributed by atoms with E-state index in [2.05, 4.69) is 0 Å². The molecule has 0 spiro atoms. The number of hydrogen-bond acceptors (Lipinski definition) is 2. The third kappa shape index (κ3) is 1.97. The molecule has 0 aliphatic heterocycles. The number of nitrogens with zero attached hydrogens (tertiary/aromatic N) is 1. The first-order valence-corrected chi connectivity index (χ1v) is 6.33. The van der Waals surface area contributed by atoms with Gasteiger partial charge in [-0.25, -0.2) is 0 Å². The van der Waals surface area contributed by atoms with Crippen LogP contribution >= 0.6 is 0 Å². The minimum absolute atomic E-state index is 0.118. The molecule has 0 amide bonds. The lowest BCUT2D eigenvalue weighted by Gasteiger charge is -2.24. The number of phenols is 1. The number of hydrogen-bond donors (Lipinski definition) is 2. The van der Waals surface area contributed by atoms with Gasteiger partial charge < -0.3 is 14.8 Å². The molecule has 2 rings (SSSR count). The van der Waals surface area contributed by atoms with E-state index in [9.17, 15) is 15.0 Å². The number of rotatable bonds is 3. The molecule has 0 fully saturated rings. The number of aliphatic carboxylic acids is 1. The van der Waals surface area contributed by atoms with Gasteiger partial charge in [-0.05, 0) is 45.9 Å². The maximum Gasteiger partial charge on any atom is 0.315 e. The Morgan fingerprint density at radius 1 is 1.32 bits per heavy atom. The topological polar surface area (TPSA) is 62.5 Å². The molecule has 1 aromatic carbocycles. The van der Waals surface area contributed by atoms with E-state index < -0.39 is 11.4 Å². The molecule has 0 bridgehead atoms. The Kier molecular flexibility index (Phi) is 3.04. The summed E-state index contributed by atoms with van der Waals surface area (Å²) in [4.78, 5) is 11.5. The molecule has 0 radical (unpaired) electrons. The van der Waals surface area contributed by atoms with Crippen molar-refractivity contribution in [2.45, 2.75) is 39.2 Å². The molecule has 0 unspecified atom stereocenters. The van der Waals surface area contributed by atoms with Crippen molar-refractivity contribution >= 4 is 16.9 Å². The second kappa shape index (κ2) is 4.30. The van der Waals surface area contributed by atoms with Gasteiger partial charge >= 0.3 is 5.97 Å². The number of carbonyl (C=O) groups is 1. The zero-order valence-electron chi connectivity index (χ0n) is 11.6. The lowest BCUT2D eigenvalue weighted by atomic mass is 9.89. The van der Waals surface area contributed by atoms with Crippen molar-refractivity contribution in [2.24, 2.45) is 0 Å². The summed E-state index contributed by atoms with van der Waals surface area (Å²) in [5, 5.41) is 20.0. The minimum atomic E-state index is -1.00. The van der Waals surface area contributed by atoms with Crippen molar-refractivity contribution in [1.29, 1.82) is 0 Å². The molecule has 0 aliphatic carbocycles. The smallest absolute Gasteiger partial charge is 0.315 e. The van der Waals surface area contributed by atoms with Crippen LogP contribution in [0.3, 0.4) is 0 Å². The van der Waals surface area contributed by atoms with Gasteiger partial charge in [0.2, 0.25) is 0 Å². The Bertz CT molecular complexity index is 638. The second-order valence-electron chi connectivity index (χ2n) is 5.63. The normalized spacial score (nSPS) is 12.3. The average molecular weight is 261 g/mol. The fraction of sp³-hybridized carbons (Fsp3) is 0.400. The zero-order valence-corrected chi connectivity index (χ0v) is 11.6. The van der Waals surface area contributed by atoms with Crippen LogP contribution in [0.15, 0.2) is 24.3 Å². The lowest BCUT2D eigenvalue weighted by Crippen LogP contribution is -2.31. The average Bonchev–Trinajstić information content (AvgIpc) is 2.70. The zero-order chi connectivity index (χ0) is 14.4. The van der Waals surface area contributed by atoms with Gasteiger partial charge in [0.15, 0.2) is 0 Å². The maximum atomic E-state index is 11.5. The summed E-state index contributed by atoms with van der Waals surface area (Å²) in [5.74, 6) is -0.698. The summed E-state index contributed by atoms with van der Waals surface area (Å²) in [5.41, 5.74) is 0.557. The second-order valence-corrected chi connectivity index (χ2v) is 5.63. The molecule has 102 valence electrons. The van der Waals surface area contributed by atoms with Crippen molar-refractivity contribution in [1.82, 2.24) is 4.57 Å². The number of aromatic hydroxyl groups is 1. The van der Waals surface area contributed by atoms with Crippen molar-refractivity contribution in [3.8, 4) is 5.75 Å². The van der Waals surface area contributed by atoms with Crippen LogP contribution in [-0.4, -0.2) is 20.7 Å². The first kappa shape index (κ1) is 13.5. The Morgan fingerprint density at radius 3 is 2.47 bits per heavy atom. The van der Waals surface area contributed by atoms with Gasteiger partial charge in [-0.1, -0.05) is 6.07 Å². The third-order valence-electron chi connectivity index (χ3n) is 3.55. The fourth-order valence-electron chi connectivity index (χ4n) is 2.38. The van der Waals surface area contributed by atoms with Gasteiger partial charge in [0.25, 0.3) is 0 Å². The molecule has 2 N–H and O–H groups in total. The van der Waals surface area contributed by atoms with Crippen LogP contribution in [0.25, 0.3) is 10.9 Å². The molecule has 0 atom stereocenters. The van der Waals surface area contributed by atoms with Gasteiger partial charge in [-0.2, -0.15) is 0 Å². The number of fused-ring (bicyclic) bond motifs is 1. The van der Waals surface area contributed by atoms with Gasteiger partial charge in [-0.15, -0.1) is 0 Å². The van der Waals surface area contributed by atoms with Crippen molar-refractivity contribution in [3.63, 3.8) is 0 Å². The van der Waals surface area contributed by atoms with Crippen molar-refractivity contribution < 1.29 is 15.0 Å². The SMILES string of the molecule is CC(C)n1c(C(C)(C)C(=O)O)cc2c(O)cccc21. The quantitative estimate of drug-likeness (QED) is 0.891. The van der Waals surface area contributed by atoms with Crippen LogP contribution in [0.1, 0.15) is 39.4 Å². The minimum Gasteiger partial charge on any atom is -0.507 e. The number of benzene rings is 1. The predicted molar refractivity (Wildman–Crippen MR) is 74.6 cm³/mol. The van der Waals surface area contributed by atoms with Gasteiger partial charge in [0.05, 0.1) is 5.52 Å². The maximum absolute atomic E-state index is 11.5. The highest BCUT2D eigenvalue weighted by Gasteiger charge is 2.34. The fourth-order valence-corrected chi connectivity index (χ4v) is 2.38. The third-order valence-corrected chi connectivity index (χ3v) is 3.55. The van der Waals surface area contributed by atoms with E-state index in [1.54, 1.807) is 32.0 Å². The summed E-state index contributed by atoms with van der Waals surface area (Å²) in [7, 11) is 0. The predicted octanol–water partition coefficient (Wildman–Crippen LogP) is 3.29. The largest absolute Gasteiger partial charge is 0.507 e. The van der Waals surface area contributed by atoms with E-state index in [0.717, 1.165) is 5.52 Å². The molecule has 0 aliphatic rings. The van der Waals surface area contributed by atoms with Crippen LogP contribution in [0.2, 0.25) is 0 Å². The standard InChI is InChI=1S/C15H19NO3/c1-9(2)16-11-6-5-7-12(17)10(11)8-13(16)15(3,4)14(18)19/h5-9,17H,1-4H3,(H,18,19). The first-order chi connectivity index (χ1) is 8.76. The van der Waals surface area contributed by atoms with Crippen LogP contribution in [-0.2, 0) is 10.2 Å². The van der Waals surface area contributed by atoms with Crippen LogP contribution in [0.5, 0.6) is 5.75 Å². The summed E-state index contributed by atoms with van der Waals surface area (Å²) in [6, 6.07) is 7.18. The number of carboxylic acids is 1. The van der Waals surface area contributed by atoms with Gasteiger partial charge in [0.1, 0.15) is 11.2 Å². The summed E-state index contributed by atoms with van der Waals surface area (Å²) in [6.45, 7) is 7.37. The monoisotopic (exact) mass is 261 g/mol. The van der Waals surface area contributed by atoms with Gasteiger partial charge in [-0.3, -0.25) is 4.79 Å². The van der Waals surface area contributed by atoms with Crippen LogP contribution in [0.4, 0.5) is 0 Å². The molecular weight excluding hydrogens is 242 g/mol. The Morgan fingerprint density at radius 2 is 1.95 bits per heavy atom. The van der Waals surface area contributed by atoms with Crippen LogP contribution < -0.4 is 0 Å². The first-order valence-electron chi connectivity index (χ1n) is 6.33. The number of aromatic nitrogens is 1. The van der Waals surface area contributed by atoms with E-state index in [4.69, 9.17) is 0 Å². The molecule has 1 heterocycles. The van der Waals surface area contributed by atoms with Crippen molar-refractivity contribution in [2.75, 3.05) is 0 Å². The molecule has 0 saturated carbocycles. The number of carboxylic acid groups (broad SMARTS) is 1. The van der Waals surface area contributed by atoms with E-state index in [0.29, 0.717) is 11.1 Å². The Hall–Kier alpha value is -1.97. The van der Waals surface area contributed by atoms with Crippen LogP contribution in [0, 0.1) is 0 Å². The van der Waals surface area contributed by atoms with E-state index >= 15 is 0 Å². The summed E-state index contributed by atoms with van der Waals surface area (Å²) >= 11 is 0. The molecule has 0 saturated heterocycles. The van der Waals surface area contributed by atoms with E-state index in [1.807, 2.05) is 24.5 Å². The molecule has 1 aromatic heterocycles. The Labute approximate surface area is 112 Å². The summed E-state index contributed by atoms with van der Waals surface area (Å²) in [6.07, 6.45) is 0. The van der Waals surface area contributed by atoms with Gasteiger partial charge in [0, 0.05) is 17.1 Å². The van der Waals surface area contributed by atoms with E-state index in [1.165, 1.54) is 0 Å². The highest BCUT2D eigenvalue weighted by Crippen LogP contribution is 2.36. The lowest BCUT2D eigenvalue weighted by molar-refractivity contribution is -0.142. The molecule has 19 heavy (non-hydrogen) atoms. The number of phenolic OH excluding ortho intramolecular Hbond substituents is 1. The molecule has 4 heteroatoms. The molecule has 2 aromatic rings. The van der Waals surface area contributed by atoms with E-state index in [-0.39, 0.29) is 11.8 Å². The Balaban J connectivity index is 2.85. The highest BCUT2D eigenvalue weighted by atomic mass is 16.4.